The molecule has 0 saturated carbocycles. The number of para-hydroxylation sites is 1. The van der Waals surface area contributed by atoms with Gasteiger partial charge in [0, 0.05) is 0 Å². The van der Waals surface area contributed by atoms with E-state index in [1.165, 1.54) is 31.8 Å². The average molecular weight is 376 g/mol. The first-order chi connectivity index (χ1) is 11.9. The molecule has 1 nitrogen and oxygen atoms in total. The molecule has 1 N–H and O–H groups in total. The summed E-state index contributed by atoms with van der Waals surface area (Å²) in [5, 5.41) is 2.51. The third-order valence-corrected chi connectivity index (χ3v) is 6.68. The Bertz CT molecular complexity index is 912. The minimum atomic E-state index is 0.433. The summed E-state index contributed by atoms with van der Waals surface area (Å²) < 4.78 is 1.46. The van der Waals surface area contributed by atoms with Gasteiger partial charge in [0.2, 0.25) is 0 Å². The molecule has 0 aliphatic carbocycles. The predicted molar refractivity (Wildman–Crippen MR) is 103 cm³/mol. The van der Waals surface area contributed by atoms with E-state index in [4.69, 9.17) is 0 Å². The van der Waals surface area contributed by atoms with Crippen molar-refractivity contribution in [2.24, 2.45) is 0 Å². The second kappa shape index (κ2) is 7.09. The molecule has 2 heteroatoms. The van der Waals surface area contributed by atoms with E-state index < -0.39 is 0 Å². The van der Waals surface area contributed by atoms with Crippen LogP contribution in [0.5, 0.6) is 0 Å². The Morgan fingerprint density at radius 1 is 0.750 bits per heavy atom. The Balaban J connectivity index is 1.71. The second-order valence-corrected chi connectivity index (χ2v) is 8.17. The van der Waals surface area contributed by atoms with Crippen molar-refractivity contribution in [3.05, 3.63) is 102 Å². The number of aromatic amines is 1. The Labute approximate surface area is 148 Å². The van der Waals surface area contributed by atoms with Crippen LogP contribution < -0.4 is 4.46 Å². The summed E-state index contributed by atoms with van der Waals surface area (Å²) in [4.78, 5) is 3.44. The topological polar surface area (TPSA) is 15.8 Å². The van der Waals surface area contributed by atoms with E-state index in [-0.39, 0.29) is 0 Å². The van der Waals surface area contributed by atoms with Crippen LogP contribution in [0.15, 0.2) is 91.1 Å². The summed E-state index contributed by atoms with van der Waals surface area (Å²) in [6.45, 7) is 0. The van der Waals surface area contributed by atoms with Crippen LogP contribution in [-0.2, 0) is 0 Å². The third-order valence-electron chi connectivity index (χ3n) is 4.36. The van der Waals surface area contributed by atoms with Gasteiger partial charge in [0.1, 0.15) is 0 Å². The molecule has 1 aromatic heterocycles. The van der Waals surface area contributed by atoms with Crippen LogP contribution in [0.1, 0.15) is 17.0 Å². The van der Waals surface area contributed by atoms with Crippen molar-refractivity contribution in [2.75, 3.05) is 0 Å². The number of hydrogen-bond donors (Lipinski definition) is 1. The third kappa shape index (κ3) is 3.17. The van der Waals surface area contributed by atoms with Crippen LogP contribution in [0.25, 0.3) is 10.9 Å². The van der Waals surface area contributed by atoms with Crippen molar-refractivity contribution < 1.29 is 0 Å². The van der Waals surface area contributed by atoms with Crippen LogP contribution >= 0.6 is 0 Å². The van der Waals surface area contributed by atoms with Gasteiger partial charge in [-0.1, -0.05) is 0 Å². The van der Waals surface area contributed by atoms with Gasteiger partial charge in [-0.25, -0.2) is 0 Å². The number of H-pyrrole nitrogens is 1. The fraction of sp³-hybridized carbons (Fsp3) is 0.0909. The number of benzene rings is 3. The van der Waals surface area contributed by atoms with Crippen molar-refractivity contribution in [3.63, 3.8) is 0 Å². The normalized spacial score (nSPS) is 12.3. The zero-order valence-electron chi connectivity index (χ0n) is 13.4. The van der Waals surface area contributed by atoms with Gasteiger partial charge >= 0.3 is 149 Å². The Morgan fingerprint density at radius 3 is 2.21 bits per heavy atom. The standard InChI is InChI=1S/C22H19NSe/c1-3-9-17(10-4-1)21(16-24-18-11-5-2-6-12-18)20-15-23-22-14-8-7-13-19(20)22/h1-15,21,23H,16H2. The predicted octanol–water partition coefficient (Wildman–Crippen LogP) is 4.75. The minimum absolute atomic E-state index is 0.433. The van der Waals surface area contributed by atoms with Gasteiger partial charge in [0.25, 0.3) is 0 Å². The molecule has 118 valence electrons. The van der Waals surface area contributed by atoms with Gasteiger partial charge in [-0.3, -0.25) is 0 Å². The quantitative estimate of drug-likeness (QED) is 0.484. The van der Waals surface area contributed by atoms with Crippen molar-refractivity contribution in [3.8, 4) is 0 Å². The fourth-order valence-electron chi connectivity index (χ4n) is 3.13. The number of aromatic nitrogens is 1. The molecule has 4 aromatic rings. The monoisotopic (exact) mass is 377 g/mol. The van der Waals surface area contributed by atoms with E-state index in [0.29, 0.717) is 20.9 Å². The maximum absolute atomic E-state index is 3.44. The molecule has 24 heavy (non-hydrogen) atoms. The molecular formula is C22H19NSe. The zero-order valence-corrected chi connectivity index (χ0v) is 15.1. The van der Waals surface area contributed by atoms with E-state index in [2.05, 4.69) is 96.1 Å². The summed E-state index contributed by atoms with van der Waals surface area (Å²) in [6.07, 6.45) is 2.20. The van der Waals surface area contributed by atoms with Crippen LogP contribution in [0.2, 0.25) is 5.32 Å². The summed E-state index contributed by atoms with van der Waals surface area (Å²) in [7, 11) is 0. The number of rotatable bonds is 5. The first kappa shape index (κ1) is 15.3. The number of fused-ring (bicyclic) bond motifs is 1. The summed E-state index contributed by atoms with van der Waals surface area (Å²) in [5.41, 5.74) is 4.04. The summed E-state index contributed by atoms with van der Waals surface area (Å²) in [5.74, 6) is 0.433. The van der Waals surface area contributed by atoms with Gasteiger partial charge in [-0.2, -0.15) is 0 Å². The maximum atomic E-state index is 3.44. The molecule has 0 saturated heterocycles. The van der Waals surface area contributed by atoms with E-state index in [0.717, 1.165) is 0 Å². The van der Waals surface area contributed by atoms with Gasteiger partial charge in [0.05, 0.1) is 0 Å². The van der Waals surface area contributed by atoms with Crippen LogP contribution in [0, 0.1) is 0 Å². The molecule has 0 spiro atoms. The zero-order chi connectivity index (χ0) is 16.2. The molecule has 0 fully saturated rings. The first-order valence-corrected chi connectivity index (χ1v) is 10.3. The van der Waals surface area contributed by atoms with Crippen LogP contribution in [-0.4, -0.2) is 19.9 Å². The Kier molecular flexibility index (Phi) is 4.51. The molecule has 0 bridgehead atoms. The molecule has 0 aliphatic rings. The summed E-state index contributed by atoms with van der Waals surface area (Å²) >= 11 is 0.458. The second-order valence-electron chi connectivity index (χ2n) is 5.88. The van der Waals surface area contributed by atoms with Gasteiger partial charge in [-0.05, 0) is 0 Å². The Morgan fingerprint density at radius 2 is 1.42 bits per heavy atom. The Hall–Kier alpha value is -2.28. The molecule has 0 amide bonds. The molecule has 0 radical (unpaired) electrons. The molecule has 3 aromatic carbocycles. The van der Waals surface area contributed by atoms with E-state index in [9.17, 15) is 0 Å². The van der Waals surface area contributed by atoms with Gasteiger partial charge in [0.15, 0.2) is 0 Å². The van der Waals surface area contributed by atoms with E-state index in [1.54, 1.807) is 0 Å². The van der Waals surface area contributed by atoms with Crippen molar-refractivity contribution in [2.45, 2.75) is 11.2 Å². The van der Waals surface area contributed by atoms with Crippen molar-refractivity contribution in [1.82, 2.24) is 4.98 Å². The molecule has 1 atom stereocenters. The number of hydrogen-bond acceptors (Lipinski definition) is 0. The van der Waals surface area contributed by atoms with E-state index in [1.807, 2.05) is 0 Å². The SMILES string of the molecule is c1ccc([Se]CC(c2ccccc2)c2c[nH]c3ccccc23)cc1. The number of nitrogens with one attached hydrogen (secondary N) is 1. The van der Waals surface area contributed by atoms with Gasteiger partial charge in [-0.15, -0.1) is 0 Å². The van der Waals surface area contributed by atoms with E-state index >= 15 is 0 Å². The fourth-order valence-corrected chi connectivity index (χ4v) is 5.40. The molecular weight excluding hydrogens is 357 g/mol. The van der Waals surface area contributed by atoms with Crippen molar-refractivity contribution >= 4 is 30.3 Å². The first-order valence-electron chi connectivity index (χ1n) is 8.20. The summed E-state index contributed by atoms with van der Waals surface area (Å²) in [6, 6.07) is 30.4. The molecule has 1 heterocycles. The average Bonchev–Trinajstić information content (AvgIpc) is 3.08. The van der Waals surface area contributed by atoms with Crippen LogP contribution in [0.3, 0.4) is 0 Å². The van der Waals surface area contributed by atoms with Gasteiger partial charge < -0.3 is 0 Å². The van der Waals surface area contributed by atoms with Crippen molar-refractivity contribution in [1.29, 1.82) is 0 Å². The molecule has 4 rings (SSSR count). The van der Waals surface area contributed by atoms with Crippen LogP contribution in [0.4, 0.5) is 0 Å². The molecule has 0 aliphatic heterocycles. The molecule has 1 unspecified atom stereocenters.